The number of nitrogens with zero attached hydrogens (tertiary/aromatic N) is 2. The summed E-state index contributed by atoms with van der Waals surface area (Å²) >= 11 is 0. The molecule has 1 heterocycles. The lowest BCUT2D eigenvalue weighted by Crippen LogP contribution is -2.24. The van der Waals surface area contributed by atoms with Crippen molar-refractivity contribution in [2.45, 2.75) is 31.6 Å². The van der Waals surface area contributed by atoms with Crippen LogP contribution in [0.15, 0.2) is 27.6 Å². The van der Waals surface area contributed by atoms with Gasteiger partial charge in [0, 0.05) is 13.0 Å². The van der Waals surface area contributed by atoms with E-state index >= 15 is 0 Å². The van der Waals surface area contributed by atoms with Crippen molar-refractivity contribution in [3.05, 3.63) is 24.1 Å². The first-order valence-electron chi connectivity index (χ1n) is 7.02. The van der Waals surface area contributed by atoms with Gasteiger partial charge in [0.1, 0.15) is 5.75 Å². The van der Waals surface area contributed by atoms with Crippen LogP contribution in [-0.2, 0) is 16.4 Å². The van der Waals surface area contributed by atoms with E-state index < -0.39 is 10.0 Å². The Bertz CT molecular complexity index is 740. The highest BCUT2D eigenvalue weighted by molar-refractivity contribution is 7.89. The smallest absolute Gasteiger partial charge is 0.240 e. The molecule has 1 N–H and O–H groups in total. The van der Waals surface area contributed by atoms with E-state index in [2.05, 4.69) is 14.9 Å². The summed E-state index contributed by atoms with van der Waals surface area (Å²) in [5, 5.41) is 3.87. The van der Waals surface area contributed by atoms with E-state index in [1.54, 1.807) is 6.07 Å². The van der Waals surface area contributed by atoms with Crippen LogP contribution in [-0.4, -0.2) is 32.2 Å². The molecule has 0 bridgehead atoms. The molecule has 0 aliphatic heterocycles. The Balaban J connectivity index is 2.46. The Kier molecular flexibility index (Phi) is 5.15. The molecule has 0 spiro atoms. The van der Waals surface area contributed by atoms with Gasteiger partial charge in [-0.3, -0.25) is 0 Å². The zero-order chi connectivity index (χ0) is 16.2. The van der Waals surface area contributed by atoms with E-state index in [1.807, 2.05) is 13.8 Å². The first-order chi connectivity index (χ1) is 10.5. The summed E-state index contributed by atoms with van der Waals surface area (Å²) in [5.41, 5.74) is 0.477. The van der Waals surface area contributed by atoms with Gasteiger partial charge < -0.3 is 9.26 Å². The third kappa shape index (κ3) is 3.45. The molecular formula is C14H19N3O4S. The van der Waals surface area contributed by atoms with Crippen molar-refractivity contribution in [2.75, 3.05) is 13.7 Å². The van der Waals surface area contributed by atoms with Crippen LogP contribution in [0.2, 0.25) is 0 Å². The second kappa shape index (κ2) is 6.89. The molecule has 0 aliphatic carbocycles. The van der Waals surface area contributed by atoms with Crippen LogP contribution in [0, 0.1) is 0 Å². The highest BCUT2D eigenvalue weighted by Gasteiger charge is 2.19. The standard InChI is InChI=1S/C14H19N3O4S/c1-4-8-15-22(18,19)10-6-7-12(20-3)11(9-10)14-16-13(5-2)21-17-14/h6-7,9,15H,4-5,8H2,1-3H3. The molecule has 120 valence electrons. The van der Waals surface area contributed by atoms with Crippen molar-refractivity contribution < 1.29 is 17.7 Å². The molecule has 7 nitrogen and oxygen atoms in total. The summed E-state index contributed by atoms with van der Waals surface area (Å²) in [7, 11) is -2.07. The van der Waals surface area contributed by atoms with E-state index in [4.69, 9.17) is 9.26 Å². The van der Waals surface area contributed by atoms with Crippen molar-refractivity contribution >= 4 is 10.0 Å². The van der Waals surface area contributed by atoms with E-state index in [0.717, 1.165) is 0 Å². The normalized spacial score (nSPS) is 11.6. The Morgan fingerprint density at radius 2 is 2.09 bits per heavy atom. The van der Waals surface area contributed by atoms with Gasteiger partial charge in [0.2, 0.25) is 21.7 Å². The van der Waals surface area contributed by atoms with Crippen LogP contribution < -0.4 is 9.46 Å². The third-order valence-corrected chi connectivity index (χ3v) is 4.49. The third-order valence-electron chi connectivity index (χ3n) is 3.03. The molecule has 0 amide bonds. The minimum Gasteiger partial charge on any atom is -0.496 e. The summed E-state index contributed by atoms with van der Waals surface area (Å²) in [6.45, 7) is 4.17. The zero-order valence-electron chi connectivity index (χ0n) is 12.8. The van der Waals surface area contributed by atoms with E-state index in [9.17, 15) is 8.42 Å². The first kappa shape index (κ1) is 16.4. The lowest BCUT2D eigenvalue weighted by Gasteiger charge is -2.09. The first-order valence-corrected chi connectivity index (χ1v) is 8.50. The summed E-state index contributed by atoms with van der Waals surface area (Å²) in [4.78, 5) is 4.36. The van der Waals surface area contributed by atoms with Gasteiger partial charge in [0.25, 0.3) is 0 Å². The number of nitrogens with one attached hydrogen (secondary N) is 1. The number of ether oxygens (including phenoxy) is 1. The summed E-state index contributed by atoms with van der Waals surface area (Å²) in [6.07, 6.45) is 1.32. The topological polar surface area (TPSA) is 94.3 Å². The van der Waals surface area contributed by atoms with Crippen LogP contribution in [0.25, 0.3) is 11.4 Å². The van der Waals surface area contributed by atoms with Crippen LogP contribution in [0.3, 0.4) is 0 Å². The predicted octanol–water partition coefficient (Wildman–Crippen LogP) is 2.00. The number of sulfonamides is 1. The van der Waals surface area contributed by atoms with Gasteiger partial charge in [0.15, 0.2) is 0 Å². The molecule has 0 fully saturated rings. The second-order valence-corrected chi connectivity index (χ2v) is 6.39. The molecule has 0 unspecified atom stereocenters. The van der Waals surface area contributed by atoms with Gasteiger partial charge in [-0.2, -0.15) is 4.98 Å². The van der Waals surface area contributed by atoms with Gasteiger partial charge in [0.05, 0.1) is 17.6 Å². The molecule has 8 heteroatoms. The SMILES string of the molecule is CCCNS(=O)(=O)c1ccc(OC)c(-c2noc(CC)n2)c1. The van der Waals surface area contributed by atoms with Crippen molar-refractivity contribution in [1.82, 2.24) is 14.9 Å². The van der Waals surface area contributed by atoms with Crippen LogP contribution in [0.5, 0.6) is 5.75 Å². The second-order valence-electron chi connectivity index (χ2n) is 4.63. The molecule has 0 saturated heterocycles. The maximum absolute atomic E-state index is 12.2. The molecule has 22 heavy (non-hydrogen) atoms. The average Bonchev–Trinajstić information content (AvgIpc) is 3.01. The molecule has 0 atom stereocenters. The van der Waals surface area contributed by atoms with Crippen LogP contribution >= 0.6 is 0 Å². The Morgan fingerprint density at radius 3 is 2.68 bits per heavy atom. The van der Waals surface area contributed by atoms with Crippen molar-refractivity contribution in [1.29, 1.82) is 0 Å². The van der Waals surface area contributed by atoms with E-state index in [1.165, 1.54) is 19.2 Å². The fraction of sp³-hybridized carbons (Fsp3) is 0.429. The maximum atomic E-state index is 12.2. The largest absolute Gasteiger partial charge is 0.496 e. The number of benzene rings is 1. The predicted molar refractivity (Wildman–Crippen MR) is 81.1 cm³/mol. The average molecular weight is 325 g/mol. The van der Waals surface area contributed by atoms with Crippen LogP contribution in [0.4, 0.5) is 0 Å². The van der Waals surface area contributed by atoms with E-state index in [-0.39, 0.29) is 4.90 Å². The molecule has 2 rings (SSSR count). The number of methoxy groups -OCH3 is 1. The monoisotopic (exact) mass is 325 g/mol. The highest BCUT2D eigenvalue weighted by Crippen LogP contribution is 2.30. The molecule has 1 aromatic heterocycles. The zero-order valence-corrected chi connectivity index (χ0v) is 13.6. The van der Waals surface area contributed by atoms with Gasteiger partial charge >= 0.3 is 0 Å². The number of aryl methyl sites for hydroxylation is 1. The highest BCUT2D eigenvalue weighted by atomic mass is 32.2. The quantitative estimate of drug-likeness (QED) is 0.836. The van der Waals surface area contributed by atoms with Gasteiger partial charge in [-0.25, -0.2) is 13.1 Å². The Labute approximate surface area is 129 Å². The van der Waals surface area contributed by atoms with Crippen molar-refractivity contribution in [3.63, 3.8) is 0 Å². The molecule has 0 aliphatic rings. The molecule has 0 saturated carbocycles. The van der Waals surface area contributed by atoms with Gasteiger partial charge in [-0.05, 0) is 24.6 Å². The lowest BCUT2D eigenvalue weighted by molar-refractivity contribution is 0.382. The summed E-state index contributed by atoms with van der Waals surface area (Å²) in [6, 6.07) is 4.56. The summed E-state index contributed by atoms with van der Waals surface area (Å²) in [5.74, 6) is 1.27. The number of aromatic nitrogens is 2. The lowest BCUT2D eigenvalue weighted by atomic mass is 10.2. The molecule has 0 radical (unpaired) electrons. The van der Waals surface area contributed by atoms with E-state index in [0.29, 0.717) is 42.4 Å². The minimum atomic E-state index is -3.57. The van der Waals surface area contributed by atoms with Crippen molar-refractivity contribution in [3.8, 4) is 17.1 Å². The fourth-order valence-electron chi connectivity index (χ4n) is 1.86. The summed E-state index contributed by atoms with van der Waals surface area (Å²) < 4.78 is 37.3. The fourth-order valence-corrected chi connectivity index (χ4v) is 3.02. The minimum absolute atomic E-state index is 0.139. The molecular weight excluding hydrogens is 306 g/mol. The van der Waals surface area contributed by atoms with Crippen molar-refractivity contribution in [2.24, 2.45) is 0 Å². The van der Waals surface area contributed by atoms with Gasteiger partial charge in [-0.15, -0.1) is 0 Å². The number of rotatable bonds is 7. The number of hydrogen-bond acceptors (Lipinski definition) is 6. The molecule has 2 aromatic rings. The Morgan fingerprint density at radius 1 is 1.32 bits per heavy atom. The van der Waals surface area contributed by atoms with Gasteiger partial charge in [-0.1, -0.05) is 19.0 Å². The Hall–Kier alpha value is -1.93. The maximum Gasteiger partial charge on any atom is 0.240 e. The van der Waals surface area contributed by atoms with Crippen LogP contribution in [0.1, 0.15) is 26.2 Å². The number of hydrogen-bond donors (Lipinski definition) is 1. The molecule has 1 aromatic carbocycles.